The number of hydrogen-bond acceptors (Lipinski definition) is 6. The quantitative estimate of drug-likeness (QED) is 0.408. The van der Waals surface area contributed by atoms with Crippen LogP contribution in [0.5, 0.6) is 17.2 Å². The highest BCUT2D eigenvalue weighted by Gasteiger charge is 2.21. The van der Waals surface area contributed by atoms with Gasteiger partial charge in [-0.1, -0.05) is 23.2 Å². The molecule has 1 aromatic heterocycles. The van der Waals surface area contributed by atoms with Gasteiger partial charge >= 0.3 is 5.97 Å². The van der Waals surface area contributed by atoms with Crippen molar-refractivity contribution in [2.24, 2.45) is 0 Å². The van der Waals surface area contributed by atoms with E-state index in [1.807, 2.05) is 0 Å². The fraction of sp³-hybridized carbons (Fsp3) is 0.0526. The minimum absolute atomic E-state index is 0.0122. The SMILES string of the molecule is O=C(O)CNc1nc(F)c(Cl)c(Oc2ccc(O)c(S(=O)c3ccc(F)cc3)c2)c1Cl. The van der Waals surface area contributed by atoms with Crippen molar-refractivity contribution in [2.75, 3.05) is 11.9 Å². The zero-order valence-electron chi connectivity index (χ0n) is 15.2. The number of anilines is 1. The first-order valence-corrected chi connectivity index (χ1v) is 10.3. The van der Waals surface area contributed by atoms with Gasteiger partial charge in [0.1, 0.15) is 33.9 Å². The summed E-state index contributed by atoms with van der Waals surface area (Å²) in [5.41, 5.74) is 0. The van der Waals surface area contributed by atoms with Crippen LogP contribution in [-0.2, 0) is 15.6 Å². The lowest BCUT2D eigenvalue weighted by molar-refractivity contribution is -0.134. The first-order valence-electron chi connectivity index (χ1n) is 8.35. The van der Waals surface area contributed by atoms with Crippen molar-refractivity contribution in [3.05, 3.63) is 64.3 Å². The van der Waals surface area contributed by atoms with Crippen molar-refractivity contribution in [1.82, 2.24) is 4.98 Å². The molecular weight excluding hydrogens is 477 g/mol. The van der Waals surface area contributed by atoms with Crippen LogP contribution in [0.4, 0.5) is 14.6 Å². The molecule has 0 aliphatic heterocycles. The lowest BCUT2D eigenvalue weighted by atomic mass is 10.3. The normalized spacial score (nSPS) is 11.7. The van der Waals surface area contributed by atoms with Gasteiger partial charge in [0.2, 0.25) is 5.95 Å². The molecule has 3 N–H and O–H groups in total. The van der Waals surface area contributed by atoms with Gasteiger partial charge in [-0.05, 0) is 36.4 Å². The van der Waals surface area contributed by atoms with Gasteiger partial charge in [0.15, 0.2) is 11.6 Å². The summed E-state index contributed by atoms with van der Waals surface area (Å²) in [6.07, 6.45) is 0. The number of benzene rings is 2. The molecule has 0 bridgehead atoms. The first-order chi connectivity index (χ1) is 14.7. The number of phenolic OH excluding ortho intramolecular Hbond substituents is 1. The molecule has 0 aliphatic rings. The molecule has 3 rings (SSSR count). The zero-order valence-corrected chi connectivity index (χ0v) is 17.6. The summed E-state index contributed by atoms with van der Waals surface area (Å²) in [6, 6.07) is 8.52. The fourth-order valence-electron chi connectivity index (χ4n) is 2.37. The molecule has 2 aromatic carbocycles. The number of ether oxygens (including phenoxy) is 1. The summed E-state index contributed by atoms with van der Waals surface area (Å²) in [5, 5.41) is 20.3. The van der Waals surface area contributed by atoms with Gasteiger partial charge < -0.3 is 20.3 Å². The fourth-order valence-corrected chi connectivity index (χ4v) is 3.95. The first kappa shape index (κ1) is 22.7. The summed E-state index contributed by atoms with van der Waals surface area (Å²) in [5.74, 6) is -3.93. The third-order valence-corrected chi connectivity index (χ3v) is 5.89. The van der Waals surface area contributed by atoms with Crippen LogP contribution in [0.1, 0.15) is 0 Å². The average molecular weight is 489 g/mol. The van der Waals surface area contributed by atoms with Crippen molar-refractivity contribution < 1.29 is 32.7 Å². The Hall–Kier alpha value is -2.95. The number of pyridine rings is 1. The Morgan fingerprint density at radius 3 is 2.45 bits per heavy atom. The Morgan fingerprint density at radius 1 is 1.13 bits per heavy atom. The van der Waals surface area contributed by atoms with Crippen LogP contribution in [0.3, 0.4) is 0 Å². The minimum Gasteiger partial charge on any atom is -0.507 e. The molecule has 0 fully saturated rings. The van der Waals surface area contributed by atoms with Gasteiger partial charge in [-0.3, -0.25) is 4.79 Å². The predicted octanol–water partition coefficient (Wildman–Crippen LogP) is 4.83. The van der Waals surface area contributed by atoms with Crippen LogP contribution >= 0.6 is 23.2 Å². The van der Waals surface area contributed by atoms with Gasteiger partial charge in [0, 0.05) is 11.0 Å². The molecule has 1 heterocycles. The minimum atomic E-state index is -1.89. The van der Waals surface area contributed by atoms with Crippen LogP contribution in [-0.4, -0.2) is 31.9 Å². The average Bonchev–Trinajstić information content (AvgIpc) is 2.74. The number of phenols is 1. The molecule has 1 atom stereocenters. The Morgan fingerprint density at radius 2 is 1.81 bits per heavy atom. The van der Waals surface area contributed by atoms with Crippen LogP contribution in [0.25, 0.3) is 0 Å². The second-order valence-electron chi connectivity index (χ2n) is 5.91. The third kappa shape index (κ3) is 5.22. The number of hydrogen-bond donors (Lipinski definition) is 3. The van der Waals surface area contributed by atoms with E-state index >= 15 is 0 Å². The van der Waals surface area contributed by atoms with Gasteiger partial charge in [0.25, 0.3) is 0 Å². The third-order valence-electron chi connectivity index (χ3n) is 3.78. The summed E-state index contributed by atoms with van der Waals surface area (Å²) in [6.45, 7) is -0.590. The predicted molar refractivity (Wildman–Crippen MR) is 110 cm³/mol. The highest BCUT2D eigenvalue weighted by molar-refractivity contribution is 7.85. The smallest absolute Gasteiger partial charge is 0.322 e. The van der Waals surface area contributed by atoms with Crippen LogP contribution < -0.4 is 10.1 Å². The molecule has 0 aliphatic carbocycles. The van der Waals surface area contributed by atoms with Crippen LogP contribution in [0, 0.1) is 11.8 Å². The van der Waals surface area contributed by atoms with Crippen molar-refractivity contribution in [3.63, 3.8) is 0 Å². The lowest BCUT2D eigenvalue weighted by Crippen LogP contribution is -2.14. The largest absolute Gasteiger partial charge is 0.507 e. The number of carboxylic acid groups (broad SMARTS) is 1. The number of carboxylic acids is 1. The van der Waals surface area contributed by atoms with Gasteiger partial charge in [-0.15, -0.1) is 0 Å². The Labute approximate surface area is 186 Å². The van der Waals surface area contributed by atoms with E-state index in [0.29, 0.717) is 0 Å². The van der Waals surface area contributed by atoms with Crippen molar-refractivity contribution in [3.8, 4) is 17.2 Å². The number of nitrogens with zero attached hydrogens (tertiary/aromatic N) is 1. The number of aromatic nitrogens is 1. The van der Waals surface area contributed by atoms with Crippen LogP contribution in [0.15, 0.2) is 52.3 Å². The zero-order chi connectivity index (χ0) is 22.7. The van der Waals surface area contributed by atoms with E-state index in [1.54, 1.807) is 0 Å². The van der Waals surface area contributed by atoms with Crippen molar-refractivity contribution in [1.29, 1.82) is 0 Å². The molecule has 0 saturated heterocycles. The van der Waals surface area contributed by atoms with Crippen molar-refractivity contribution in [2.45, 2.75) is 9.79 Å². The molecule has 162 valence electrons. The lowest BCUT2D eigenvalue weighted by Gasteiger charge is -2.14. The van der Waals surface area contributed by atoms with Crippen LogP contribution in [0.2, 0.25) is 10.0 Å². The number of aliphatic carboxylic acids is 1. The van der Waals surface area contributed by atoms with E-state index in [4.69, 9.17) is 33.0 Å². The number of aromatic hydroxyl groups is 1. The number of carbonyl (C=O) groups is 1. The Bertz CT molecular complexity index is 1180. The van der Waals surface area contributed by atoms with Gasteiger partial charge in [-0.25, -0.2) is 8.60 Å². The van der Waals surface area contributed by atoms with Crippen molar-refractivity contribution >= 4 is 45.8 Å². The second kappa shape index (κ2) is 9.46. The molecule has 31 heavy (non-hydrogen) atoms. The van der Waals surface area contributed by atoms with E-state index in [-0.39, 0.29) is 37.9 Å². The number of nitrogens with one attached hydrogen (secondary N) is 1. The summed E-state index contributed by atoms with van der Waals surface area (Å²) < 4.78 is 45.5. The molecule has 0 spiro atoms. The topological polar surface area (TPSA) is 109 Å². The molecule has 0 amide bonds. The molecule has 0 saturated carbocycles. The molecule has 3 aromatic rings. The molecule has 7 nitrogen and oxygen atoms in total. The molecule has 1 unspecified atom stereocenters. The molecule has 0 radical (unpaired) electrons. The van der Waals surface area contributed by atoms with E-state index in [0.717, 1.165) is 12.1 Å². The maximum atomic E-state index is 14.1. The molecule has 12 heteroatoms. The standard InChI is InChI=1S/C19H12Cl2F2N2O5S/c20-15-17(16(21)19(25-18(15)23)24-8-14(27)28)30-10-3-6-12(26)13(7-10)31(29)11-4-1-9(22)2-5-11/h1-7,26H,8H2,(H,24,25)(H,27,28). The van der Waals surface area contributed by atoms with Gasteiger partial charge in [-0.2, -0.15) is 9.37 Å². The second-order valence-corrected chi connectivity index (χ2v) is 8.11. The monoisotopic (exact) mass is 488 g/mol. The van der Waals surface area contributed by atoms with E-state index in [1.165, 1.54) is 30.3 Å². The van der Waals surface area contributed by atoms with E-state index < -0.39 is 40.1 Å². The Balaban J connectivity index is 1.96. The highest BCUT2D eigenvalue weighted by atomic mass is 35.5. The summed E-state index contributed by atoms with van der Waals surface area (Å²) in [7, 11) is -1.89. The number of rotatable bonds is 7. The van der Waals surface area contributed by atoms with Gasteiger partial charge in [0.05, 0.1) is 15.7 Å². The molecular formula is C19H12Cl2F2N2O5S. The number of halogens is 4. The van der Waals surface area contributed by atoms with E-state index in [9.17, 15) is 22.9 Å². The Kier molecular flexibility index (Phi) is 6.94. The summed E-state index contributed by atoms with van der Waals surface area (Å²) >= 11 is 12.0. The summed E-state index contributed by atoms with van der Waals surface area (Å²) in [4.78, 5) is 14.3. The maximum absolute atomic E-state index is 14.1. The maximum Gasteiger partial charge on any atom is 0.322 e. The highest BCUT2D eigenvalue weighted by Crippen LogP contribution is 2.42. The van der Waals surface area contributed by atoms with E-state index in [2.05, 4.69) is 10.3 Å².